The number of anilines is 2. The van der Waals surface area contributed by atoms with Gasteiger partial charge in [0.2, 0.25) is 5.82 Å². The quantitative estimate of drug-likeness (QED) is 0.355. The van der Waals surface area contributed by atoms with E-state index in [1.807, 2.05) is 0 Å². The molecule has 11 heteroatoms. The van der Waals surface area contributed by atoms with E-state index in [0.717, 1.165) is 10.8 Å². The molecule has 0 aliphatic heterocycles. The molecule has 0 aliphatic carbocycles. The van der Waals surface area contributed by atoms with Crippen molar-refractivity contribution < 1.29 is 19.1 Å². The van der Waals surface area contributed by atoms with Crippen molar-refractivity contribution >= 4 is 44.7 Å². The highest BCUT2D eigenvalue weighted by atomic mass is 79.9. The topological polar surface area (TPSA) is 109 Å². The molecule has 0 amide bonds. The largest absolute Gasteiger partial charge is 0.495 e. The second kappa shape index (κ2) is 8.93. The van der Waals surface area contributed by atoms with Gasteiger partial charge in [-0.1, -0.05) is 27.5 Å². The van der Waals surface area contributed by atoms with E-state index in [9.17, 15) is 10.1 Å². The van der Waals surface area contributed by atoms with Gasteiger partial charge in [0.1, 0.15) is 23.6 Å². The van der Waals surface area contributed by atoms with E-state index in [1.54, 1.807) is 30.3 Å². The van der Waals surface area contributed by atoms with Crippen LogP contribution in [0.4, 0.5) is 17.2 Å². The molecule has 0 atom stereocenters. The van der Waals surface area contributed by atoms with Crippen molar-refractivity contribution in [3.05, 3.63) is 62.3 Å². The van der Waals surface area contributed by atoms with E-state index in [4.69, 9.17) is 25.8 Å². The SMILES string of the molecule is COc1cc(OC)c(Nc2ncnc(Oc3ccc(Br)cc3)c2[N+](=O)[O-])cc1Cl. The van der Waals surface area contributed by atoms with E-state index in [1.165, 1.54) is 20.3 Å². The van der Waals surface area contributed by atoms with Gasteiger partial charge in [-0.25, -0.2) is 4.98 Å². The fourth-order valence-corrected chi connectivity index (χ4v) is 2.90. The van der Waals surface area contributed by atoms with Gasteiger partial charge in [-0.3, -0.25) is 10.1 Å². The molecule has 2 aromatic carbocycles. The van der Waals surface area contributed by atoms with Crippen LogP contribution in [0.5, 0.6) is 23.1 Å². The molecule has 0 saturated carbocycles. The minimum absolute atomic E-state index is 0.0864. The Balaban J connectivity index is 2.01. The molecule has 3 aromatic rings. The number of hydrogen-bond acceptors (Lipinski definition) is 8. The predicted octanol–water partition coefficient (Wildman–Crippen LogP) is 5.35. The second-order valence-electron chi connectivity index (χ2n) is 5.50. The molecular weight excluding hydrogens is 468 g/mol. The van der Waals surface area contributed by atoms with Gasteiger partial charge in [-0.05, 0) is 30.3 Å². The highest BCUT2D eigenvalue weighted by molar-refractivity contribution is 9.10. The predicted molar refractivity (Wildman–Crippen MR) is 111 cm³/mol. The van der Waals surface area contributed by atoms with Crippen LogP contribution in [-0.4, -0.2) is 29.1 Å². The van der Waals surface area contributed by atoms with Gasteiger partial charge in [0.05, 0.1) is 29.9 Å². The molecule has 0 fully saturated rings. The number of rotatable bonds is 7. The first-order valence-electron chi connectivity index (χ1n) is 8.04. The summed E-state index contributed by atoms with van der Waals surface area (Å²) >= 11 is 9.48. The number of nitrogens with zero attached hydrogens (tertiary/aromatic N) is 3. The minimum atomic E-state index is -0.631. The molecule has 0 aliphatic rings. The van der Waals surface area contributed by atoms with Crippen molar-refractivity contribution in [3.63, 3.8) is 0 Å². The van der Waals surface area contributed by atoms with Crippen LogP contribution in [0.2, 0.25) is 5.02 Å². The molecule has 150 valence electrons. The fourth-order valence-electron chi connectivity index (χ4n) is 2.39. The van der Waals surface area contributed by atoms with Crippen LogP contribution in [0.3, 0.4) is 0 Å². The van der Waals surface area contributed by atoms with Gasteiger partial charge >= 0.3 is 11.6 Å². The lowest BCUT2D eigenvalue weighted by atomic mass is 10.2. The summed E-state index contributed by atoms with van der Waals surface area (Å²) in [5.41, 5.74) is -0.0842. The van der Waals surface area contributed by atoms with Crippen LogP contribution in [0.25, 0.3) is 0 Å². The van der Waals surface area contributed by atoms with Crippen LogP contribution in [0, 0.1) is 10.1 Å². The van der Waals surface area contributed by atoms with Crippen LogP contribution >= 0.6 is 27.5 Å². The van der Waals surface area contributed by atoms with Gasteiger partial charge in [-0.2, -0.15) is 4.98 Å². The van der Waals surface area contributed by atoms with Crippen molar-refractivity contribution in [2.75, 3.05) is 19.5 Å². The number of methoxy groups -OCH3 is 2. The van der Waals surface area contributed by atoms with Crippen molar-refractivity contribution in [2.45, 2.75) is 0 Å². The molecular formula is C18H14BrClN4O5. The number of ether oxygens (including phenoxy) is 3. The average molecular weight is 482 g/mol. The molecule has 1 N–H and O–H groups in total. The molecule has 0 spiro atoms. The first kappa shape index (κ1) is 20.6. The van der Waals surface area contributed by atoms with Crippen molar-refractivity contribution in [2.24, 2.45) is 0 Å². The zero-order valence-electron chi connectivity index (χ0n) is 15.2. The third-order valence-electron chi connectivity index (χ3n) is 3.73. The number of hydrogen-bond donors (Lipinski definition) is 1. The smallest absolute Gasteiger partial charge is 0.373 e. The highest BCUT2D eigenvalue weighted by Gasteiger charge is 2.26. The summed E-state index contributed by atoms with van der Waals surface area (Å²) in [6, 6.07) is 9.85. The Hall–Kier alpha value is -3.11. The van der Waals surface area contributed by atoms with Crippen molar-refractivity contribution in [3.8, 4) is 23.1 Å². The maximum absolute atomic E-state index is 11.7. The third-order valence-corrected chi connectivity index (χ3v) is 4.55. The standard InChI is InChI=1S/C18H14BrClN4O5/c1-27-14-8-15(28-2)13(7-12(14)20)23-17-16(24(25)26)18(22-9-21-17)29-11-5-3-10(19)4-6-11/h3-9H,1-2H3,(H,21,22,23). The molecule has 0 bridgehead atoms. The van der Waals surface area contributed by atoms with E-state index >= 15 is 0 Å². The first-order chi connectivity index (χ1) is 13.9. The molecule has 0 unspecified atom stereocenters. The van der Waals surface area contributed by atoms with Crippen molar-refractivity contribution in [1.82, 2.24) is 9.97 Å². The Morgan fingerprint density at radius 1 is 1.10 bits per heavy atom. The van der Waals surface area contributed by atoms with Gasteiger partial charge in [0.25, 0.3) is 0 Å². The average Bonchev–Trinajstić information content (AvgIpc) is 2.70. The van der Waals surface area contributed by atoms with Crippen LogP contribution in [0.1, 0.15) is 0 Å². The lowest BCUT2D eigenvalue weighted by Gasteiger charge is -2.14. The molecule has 0 saturated heterocycles. The molecule has 0 radical (unpaired) electrons. The highest BCUT2D eigenvalue weighted by Crippen LogP contribution is 2.40. The summed E-state index contributed by atoms with van der Waals surface area (Å²) in [5, 5.41) is 14.9. The number of nitrogens with one attached hydrogen (secondary N) is 1. The monoisotopic (exact) mass is 480 g/mol. The Morgan fingerprint density at radius 3 is 2.41 bits per heavy atom. The lowest BCUT2D eigenvalue weighted by Crippen LogP contribution is -2.04. The van der Waals surface area contributed by atoms with Gasteiger partial charge in [0, 0.05) is 10.5 Å². The number of nitro groups is 1. The van der Waals surface area contributed by atoms with E-state index in [0.29, 0.717) is 28.0 Å². The number of aromatic nitrogens is 2. The summed E-state index contributed by atoms with van der Waals surface area (Å²) in [5.74, 6) is 0.830. The fraction of sp³-hybridized carbons (Fsp3) is 0.111. The van der Waals surface area contributed by atoms with Gasteiger partial charge in [0.15, 0.2) is 0 Å². The summed E-state index contributed by atoms with van der Waals surface area (Å²) in [6.45, 7) is 0. The first-order valence-corrected chi connectivity index (χ1v) is 9.21. The summed E-state index contributed by atoms with van der Waals surface area (Å²) < 4.78 is 16.9. The summed E-state index contributed by atoms with van der Waals surface area (Å²) in [6.07, 6.45) is 1.15. The second-order valence-corrected chi connectivity index (χ2v) is 6.82. The molecule has 1 heterocycles. The maximum Gasteiger partial charge on any atom is 0.373 e. The van der Waals surface area contributed by atoms with Crippen LogP contribution < -0.4 is 19.5 Å². The van der Waals surface area contributed by atoms with Gasteiger partial charge < -0.3 is 19.5 Å². The molecule has 1 aromatic heterocycles. The van der Waals surface area contributed by atoms with E-state index in [2.05, 4.69) is 31.2 Å². The molecule has 29 heavy (non-hydrogen) atoms. The van der Waals surface area contributed by atoms with Crippen molar-refractivity contribution in [1.29, 1.82) is 0 Å². The molecule has 3 rings (SSSR count). The summed E-state index contributed by atoms with van der Waals surface area (Å²) in [7, 11) is 2.92. The number of benzene rings is 2. The lowest BCUT2D eigenvalue weighted by molar-refractivity contribution is -0.385. The zero-order chi connectivity index (χ0) is 21.0. The Morgan fingerprint density at radius 2 is 1.79 bits per heavy atom. The van der Waals surface area contributed by atoms with Crippen LogP contribution in [0.15, 0.2) is 47.2 Å². The Kier molecular flexibility index (Phi) is 6.35. The van der Waals surface area contributed by atoms with Gasteiger partial charge in [-0.15, -0.1) is 0 Å². The summed E-state index contributed by atoms with van der Waals surface area (Å²) in [4.78, 5) is 19.0. The van der Waals surface area contributed by atoms with E-state index < -0.39 is 10.6 Å². The maximum atomic E-state index is 11.7. The Labute approximate surface area is 178 Å². The van der Waals surface area contributed by atoms with E-state index in [-0.39, 0.29) is 11.7 Å². The normalized spacial score (nSPS) is 10.3. The minimum Gasteiger partial charge on any atom is -0.495 e. The Bertz CT molecular complexity index is 1050. The zero-order valence-corrected chi connectivity index (χ0v) is 17.5. The van der Waals surface area contributed by atoms with Crippen LogP contribution in [-0.2, 0) is 0 Å². The third kappa shape index (κ3) is 4.66. The number of halogens is 2. The molecule has 9 nitrogen and oxygen atoms in total.